The minimum absolute atomic E-state index is 0.0260. The van der Waals surface area contributed by atoms with Crippen molar-refractivity contribution in [3.63, 3.8) is 0 Å². The number of rotatable bonds is 9. The second-order valence-corrected chi connectivity index (χ2v) is 7.75. The van der Waals surface area contributed by atoms with Crippen molar-refractivity contribution in [1.82, 2.24) is 10.6 Å². The standard InChI is InChI=1S/C25H26N2O5/c1-3-8-22(24(29)30)27-23(28)16(2)13-14-26-25(31)32-15-21-19-11-6-4-9-17(19)18-10-5-7-12-20(18)21/h1,4-7,9-12,16,21-22H,8,13-15H2,2H3,(H,26,31)(H,27,28)(H,29,30). The number of aliphatic carboxylic acids is 1. The van der Waals surface area contributed by atoms with Crippen LogP contribution in [0, 0.1) is 18.3 Å². The molecule has 0 heterocycles. The predicted octanol–water partition coefficient (Wildman–Crippen LogP) is 3.14. The van der Waals surface area contributed by atoms with E-state index in [2.05, 4.69) is 28.7 Å². The van der Waals surface area contributed by atoms with Gasteiger partial charge in [-0.15, -0.1) is 12.3 Å². The zero-order valence-corrected chi connectivity index (χ0v) is 17.8. The van der Waals surface area contributed by atoms with Gasteiger partial charge in [0.25, 0.3) is 0 Å². The third-order valence-corrected chi connectivity index (χ3v) is 5.57. The number of benzene rings is 2. The van der Waals surface area contributed by atoms with Gasteiger partial charge in [0.05, 0.1) is 0 Å². The highest BCUT2D eigenvalue weighted by Gasteiger charge is 2.29. The van der Waals surface area contributed by atoms with E-state index in [-0.39, 0.29) is 25.5 Å². The van der Waals surface area contributed by atoms with Gasteiger partial charge in [0, 0.05) is 24.8 Å². The SMILES string of the molecule is C#CCC(NC(=O)C(C)CCNC(=O)OCC1c2ccccc2-c2ccccc21)C(=O)O. The lowest BCUT2D eigenvalue weighted by molar-refractivity contribution is -0.142. The van der Waals surface area contributed by atoms with E-state index in [1.807, 2.05) is 36.4 Å². The van der Waals surface area contributed by atoms with Crippen LogP contribution in [0.2, 0.25) is 0 Å². The molecule has 2 unspecified atom stereocenters. The average molecular weight is 434 g/mol. The van der Waals surface area contributed by atoms with Crippen LogP contribution in [0.5, 0.6) is 0 Å². The van der Waals surface area contributed by atoms with Crippen LogP contribution in [0.4, 0.5) is 4.79 Å². The van der Waals surface area contributed by atoms with E-state index in [9.17, 15) is 14.4 Å². The van der Waals surface area contributed by atoms with Gasteiger partial charge in [-0.05, 0) is 28.7 Å². The second-order valence-electron chi connectivity index (χ2n) is 7.75. The first-order valence-electron chi connectivity index (χ1n) is 10.5. The Bertz CT molecular complexity index is 997. The predicted molar refractivity (Wildman–Crippen MR) is 120 cm³/mol. The number of hydrogen-bond acceptors (Lipinski definition) is 4. The summed E-state index contributed by atoms with van der Waals surface area (Å²) >= 11 is 0. The Morgan fingerprint density at radius 3 is 2.25 bits per heavy atom. The highest BCUT2D eigenvalue weighted by Crippen LogP contribution is 2.44. The largest absolute Gasteiger partial charge is 0.480 e. The summed E-state index contributed by atoms with van der Waals surface area (Å²) in [6.07, 6.45) is 4.81. The van der Waals surface area contributed by atoms with Crippen molar-refractivity contribution in [1.29, 1.82) is 0 Å². The lowest BCUT2D eigenvalue weighted by Crippen LogP contribution is -2.43. The fourth-order valence-electron chi connectivity index (χ4n) is 3.80. The van der Waals surface area contributed by atoms with Crippen LogP contribution < -0.4 is 10.6 Å². The molecule has 0 aromatic heterocycles. The number of fused-ring (bicyclic) bond motifs is 3. The van der Waals surface area contributed by atoms with Crippen LogP contribution >= 0.6 is 0 Å². The third kappa shape index (κ3) is 5.27. The van der Waals surface area contributed by atoms with Crippen molar-refractivity contribution in [2.24, 2.45) is 5.92 Å². The molecular formula is C25H26N2O5. The number of amides is 2. The molecule has 166 valence electrons. The first-order chi connectivity index (χ1) is 15.4. The van der Waals surface area contributed by atoms with E-state index in [0.717, 1.165) is 22.3 Å². The van der Waals surface area contributed by atoms with E-state index in [4.69, 9.17) is 16.3 Å². The zero-order valence-electron chi connectivity index (χ0n) is 17.8. The van der Waals surface area contributed by atoms with Gasteiger partial charge < -0.3 is 20.5 Å². The average Bonchev–Trinajstić information content (AvgIpc) is 3.11. The quantitative estimate of drug-likeness (QED) is 0.526. The number of carboxylic acid groups (broad SMARTS) is 1. The van der Waals surface area contributed by atoms with Crippen molar-refractivity contribution < 1.29 is 24.2 Å². The van der Waals surface area contributed by atoms with Crippen LogP contribution in [0.3, 0.4) is 0 Å². The molecule has 2 atom stereocenters. The maximum absolute atomic E-state index is 12.2. The molecule has 7 heteroatoms. The van der Waals surface area contributed by atoms with E-state index >= 15 is 0 Å². The number of ether oxygens (including phenoxy) is 1. The van der Waals surface area contributed by atoms with Crippen LogP contribution in [0.1, 0.15) is 36.8 Å². The van der Waals surface area contributed by atoms with Gasteiger partial charge in [-0.1, -0.05) is 55.5 Å². The molecule has 3 rings (SSSR count). The molecule has 0 spiro atoms. The van der Waals surface area contributed by atoms with Crippen molar-refractivity contribution in [2.45, 2.75) is 31.7 Å². The molecule has 2 aromatic rings. The molecule has 0 bridgehead atoms. The maximum Gasteiger partial charge on any atom is 0.407 e. The summed E-state index contributed by atoms with van der Waals surface area (Å²) in [7, 11) is 0. The molecule has 32 heavy (non-hydrogen) atoms. The maximum atomic E-state index is 12.2. The Labute approximate surface area is 187 Å². The summed E-state index contributed by atoms with van der Waals surface area (Å²) in [6.45, 7) is 2.09. The lowest BCUT2D eigenvalue weighted by Gasteiger charge is -2.17. The monoisotopic (exact) mass is 434 g/mol. The van der Waals surface area contributed by atoms with E-state index < -0.39 is 29.9 Å². The Morgan fingerprint density at radius 2 is 1.69 bits per heavy atom. The molecule has 2 aromatic carbocycles. The van der Waals surface area contributed by atoms with Gasteiger partial charge in [-0.2, -0.15) is 0 Å². The molecular weight excluding hydrogens is 408 g/mol. The van der Waals surface area contributed by atoms with E-state index in [1.54, 1.807) is 6.92 Å². The molecule has 0 saturated carbocycles. The van der Waals surface area contributed by atoms with Gasteiger partial charge in [-0.3, -0.25) is 4.79 Å². The minimum atomic E-state index is -1.18. The highest BCUT2D eigenvalue weighted by molar-refractivity contribution is 5.85. The summed E-state index contributed by atoms with van der Waals surface area (Å²) < 4.78 is 5.46. The summed E-state index contributed by atoms with van der Waals surface area (Å²) in [5.41, 5.74) is 4.57. The highest BCUT2D eigenvalue weighted by atomic mass is 16.5. The van der Waals surface area contributed by atoms with E-state index in [1.165, 1.54) is 0 Å². The number of carbonyl (C=O) groups is 3. The van der Waals surface area contributed by atoms with Gasteiger partial charge in [0.1, 0.15) is 12.6 Å². The Kier molecular flexibility index (Phi) is 7.50. The topological polar surface area (TPSA) is 105 Å². The van der Waals surface area contributed by atoms with Crippen molar-refractivity contribution in [2.75, 3.05) is 13.2 Å². The summed E-state index contributed by atoms with van der Waals surface area (Å²) in [5.74, 6) is 0.100. The fraction of sp³-hybridized carbons (Fsp3) is 0.320. The zero-order chi connectivity index (χ0) is 23.1. The summed E-state index contributed by atoms with van der Waals surface area (Å²) in [6, 6.07) is 15.1. The molecule has 0 aliphatic heterocycles. The Hall–Kier alpha value is -3.79. The third-order valence-electron chi connectivity index (χ3n) is 5.57. The van der Waals surface area contributed by atoms with Crippen molar-refractivity contribution in [3.05, 3.63) is 59.7 Å². The van der Waals surface area contributed by atoms with Crippen LogP contribution in [-0.4, -0.2) is 42.3 Å². The summed E-state index contributed by atoms with van der Waals surface area (Å²) in [5, 5.41) is 14.1. The van der Waals surface area contributed by atoms with Gasteiger partial charge in [0.2, 0.25) is 5.91 Å². The molecule has 7 nitrogen and oxygen atoms in total. The number of alkyl carbamates (subject to hydrolysis) is 1. The summed E-state index contributed by atoms with van der Waals surface area (Å²) in [4.78, 5) is 35.5. The minimum Gasteiger partial charge on any atom is -0.480 e. The van der Waals surface area contributed by atoms with Crippen molar-refractivity contribution >= 4 is 18.0 Å². The first-order valence-corrected chi connectivity index (χ1v) is 10.5. The fourth-order valence-corrected chi connectivity index (χ4v) is 3.80. The smallest absolute Gasteiger partial charge is 0.407 e. The van der Waals surface area contributed by atoms with Gasteiger partial charge in [-0.25, -0.2) is 9.59 Å². The first kappa shape index (κ1) is 22.9. The van der Waals surface area contributed by atoms with Crippen LogP contribution in [0.25, 0.3) is 11.1 Å². The Balaban J connectivity index is 1.47. The molecule has 3 N–H and O–H groups in total. The molecule has 0 radical (unpaired) electrons. The second kappa shape index (κ2) is 10.5. The van der Waals surface area contributed by atoms with E-state index in [0.29, 0.717) is 6.42 Å². The molecule has 2 amide bonds. The molecule has 0 fully saturated rings. The Morgan fingerprint density at radius 1 is 1.09 bits per heavy atom. The van der Waals surface area contributed by atoms with Gasteiger partial charge in [0.15, 0.2) is 0 Å². The molecule has 1 aliphatic carbocycles. The number of carboxylic acids is 1. The normalized spacial score (nSPS) is 13.8. The number of terminal acetylenes is 1. The van der Waals surface area contributed by atoms with Crippen molar-refractivity contribution in [3.8, 4) is 23.5 Å². The molecule has 0 saturated heterocycles. The number of hydrogen-bond donors (Lipinski definition) is 3. The van der Waals surface area contributed by atoms with Gasteiger partial charge >= 0.3 is 12.1 Å². The lowest BCUT2D eigenvalue weighted by atomic mass is 9.98. The van der Waals surface area contributed by atoms with Crippen LogP contribution in [-0.2, 0) is 14.3 Å². The van der Waals surface area contributed by atoms with Crippen LogP contribution in [0.15, 0.2) is 48.5 Å². The number of carbonyl (C=O) groups excluding carboxylic acids is 2. The molecule has 1 aliphatic rings. The number of nitrogens with one attached hydrogen (secondary N) is 2.